The summed E-state index contributed by atoms with van der Waals surface area (Å²) in [7, 11) is -1.53. The minimum absolute atomic E-state index is 0.0860. The molecule has 2 unspecified atom stereocenters. The van der Waals surface area contributed by atoms with Crippen LogP contribution in [0.15, 0.2) is 33.6 Å². The smallest absolute Gasteiger partial charge is 0.183 e. The summed E-state index contributed by atoms with van der Waals surface area (Å²) in [5.74, 6) is 0. The third-order valence-corrected chi connectivity index (χ3v) is 6.10. The van der Waals surface area contributed by atoms with Crippen molar-refractivity contribution in [2.45, 2.75) is 30.0 Å². The molecule has 1 aromatic carbocycles. The van der Waals surface area contributed by atoms with Crippen LogP contribution in [0.5, 0.6) is 0 Å². The average Bonchev–Trinajstić information content (AvgIpc) is 2.27. The van der Waals surface area contributed by atoms with E-state index >= 15 is 0 Å². The zero-order valence-corrected chi connectivity index (χ0v) is 12.0. The van der Waals surface area contributed by atoms with Crippen molar-refractivity contribution in [3.63, 3.8) is 0 Å². The second-order valence-corrected chi connectivity index (χ2v) is 6.89. The first kappa shape index (κ1) is 13.7. The molecule has 0 aliphatic heterocycles. The summed E-state index contributed by atoms with van der Waals surface area (Å²) in [4.78, 5) is 0.351. The minimum Gasteiger partial charge on any atom is -0.316 e. The summed E-state index contributed by atoms with van der Waals surface area (Å²) in [5, 5.41) is 2.50. The first-order valence-corrected chi connectivity index (χ1v) is 7.41. The van der Waals surface area contributed by atoms with E-state index in [9.17, 15) is 8.42 Å². The summed E-state index contributed by atoms with van der Waals surface area (Å²) in [6, 6.07) is 6.81. The third kappa shape index (κ3) is 2.64. The Morgan fingerprint density at radius 1 is 1.25 bits per heavy atom. The van der Waals surface area contributed by atoms with Gasteiger partial charge in [-0.05, 0) is 49.0 Å². The van der Waals surface area contributed by atoms with Crippen LogP contribution >= 0.6 is 15.9 Å². The van der Waals surface area contributed by atoms with Gasteiger partial charge in [-0.15, -0.1) is 0 Å². The van der Waals surface area contributed by atoms with Gasteiger partial charge in [-0.25, -0.2) is 8.42 Å². The lowest BCUT2D eigenvalue weighted by molar-refractivity contribution is 0.539. The molecule has 1 rings (SSSR count). The van der Waals surface area contributed by atoms with E-state index < -0.39 is 15.1 Å². The summed E-state index contributed by atoms with van der Waals surface area (Å²) in [6.45, 7) is 3.58. The van der Waals surface area contributed by atoms with Gasteiger partial charge in [-0.1, -0.05) is 12.1 Å². The molecule has 2 atom stereocenters. The second-order valence-electron chi connectivity index (χ2n) is 3.76. The molecule has 0 bridgehead atoms. The van der Waals surface area contributed by atoms with Gasteiger partial charge in [0.25, 0.3) is 0 Å². The van der Waals surface area contributed by atoms with Crippen molar-refractivity contribution in [2.24, 2.45) is 0 Å². The van der Waals surface area contributed by atoms with E-state index in [4.69, 9.17) is 0 Å². The molecule has 0 radical (unpaired) electrons. The molecule has 0 fully saturated rings. The predicted molar refractivity (Wildman–Crippen MR) is 69.3 cm³/mol. The first-order valence-electron chi connectivity index (χ1n) is 5.07. The second kappa shape index (κ2) is 5.29. The zero-order valence-electron chi connectivity index (χ0n) is 9.57. The van der Waals surface area contributed by atoms with E-state index in [1.54, 1.807) is 38.2 Å². The Hall–Kier alpha value is -0.390. The summed E-state index contributed by atoms with van der Waals surface area (Å²) in [5.41, 5.74) is 0. The summed E-state index contributed by atoms with van der Waals surface area (Å²) < 4.78 is 25.2. The van der Waals surface area contributed by atoms with Crippen LogP contribution in [0, 0.1) is 0 Å². The van der Waals surface area contributed by atoms with Crippen molar-refractivity contribution in [2.75, 3.05) is 7.05 Å². The minimum atomic E-state index is -3.29. The van der Waals surface area contributed by atoms with Crippen LogP contribution in [0.25, 0.3) is 0 Å². The fourth-order valence-electron chi connectivity index (χ4n) is 1.38. The monoisotopic (exact) mass is 305 g/mol. The van der Waals surface area contributed by atoms with Crippen LogP contribution < -0.4 is 5.32 Å². The number of rotatable bonds is 4. The normalized spacial score (nSPS) is 15.8. The fourth-order valence-corrected chi connectivity index (χ4v) is 4.02. The van der Waals surface area contributed by atoms with Gasteiger partial charge in [0, 0.05) is 10.5 Å². The lowest BCUT2D eigenvalue weighted by atomic mass is 10.3. The van der Waals surface area contributed by atoms with Crippen molar-refractivity contribution in [1.82, 2.24) is 5.32 Å². The highest BCUT2D eigenvalue weighted by Crippen LogP contribution is 2.25. The molecule has 0 aliphatic rings. The molecule has 1 aromatic rings. The van der Waals surface area contributed by atoms with Gasteiger partial charge in [0.05, 0.1) is 10.1 Å². The number of nitrogens with one attached hydrogen (secondary N) is 1. The molecule has 90 valence electrons. The average molecular weight is 306 g/mol. The Kier molecular flexibility index (Phi) is 4.52. The Morgan fingerprint density at radius 2 is 1.81 bits per heavy atom. The molecular weight excluding hydrogens is 290 g/mol. The maximum absolute atomic E-state index is 12.3. The first-order chi connectivity index (χ1) is 7.41. The highest BCUT2D eigenvalue weighted by atomic mass is 79.9. The van der Waals surface area contributed by atoms with Gasteiger partial charge < -0.3 is 5.32 Å². The van der Waals surface area contributed by atoms with Gasteiger partial charge in [-0.3, -0.25) is 0 Å². The standard InChI is InChI=1S/C11H16BrNO2S/c1-8(13-3)9(2)16(14,15)11-7-5-4-6-10(11)12/h4-9,13H,1-3H3. The Balaban J connectivity index is 3.17. The van der Waals surface area contributed by atoms with E-state index in [1.165, 1.54) is 0 Å². The van der Waals surface area contributed by atoms with Gasteiger partial charge >= 0.3 is 0 Å². The highest BCUT2D eigenvalue weighted by Gasteiger charge is 2.28. The SMILES string of the molecule is CNC(C)C(C)S(=O)(=O)c1ccccc1Br. The number of hydrogen-bond acceptors (Lipinski definition) is 3. The molecule has 0 saturated carbocycles. The lowest BCUT2D eigenvalue weighted by Gasteiger charge is -2.20. The number of sulfone groups is 1. The molecule has 16 heavy (non-hydrogen) atoms. The van der Waals surface area contributed by atoms with Gasteiger partial charge in [0.1, 0.15) is 0 Å². The van der Waals surface area contributed by atoms with E-state index in [0.717, 1.165) is 0 Å². The fraction of sp³-hybridized carbons (Fsp3) is 0.455. The number of benzene rings is 1. The van der Waals surface area contributed by atoms with Gasteiger partial charge in [-0.2, -0.15) is 0 Å². The quantitative estimate of drug-likeness (QED) is 0.928. The molecule has 0 aromatic heterocycles. The van der Waals surface area contributed by atoms with E-state index in [-0.39, 0.29) is 6.04 Å². The Morgan fingerprint density at radius 3 is 2.31 bits per heavy atom. The van der Waals surface area contributed by atoms with Crippen LogP contribution in [0.3, 0.4) is 0 Å². The van der Waals surface area contributed by atoms with Crippen molar-refractivity contribution in [3.8, 4) is 0 Å². The summed E-state index contributed by atoms with van der Waals surface area (Å²) >= 11 is 3.27. The maximum Gasteiger partial charge on any atom is 0.183 e. The molecule has 0 heterocycles. The number of halogens is 1. The molecule has 3 nitrogen and oxygen atoms in total. The molecule has 0 spiro atoms. The molecule has 0 aliphatic carbocycles. The highest BCUT2D eigenvalue weighted by molar-refractivity contribution is 9.10. The van der Waals surface area contributed by atoms with Crippen molar-refractivity contribution >= 4 is 25.8 Å². The van der Waals surface area contributed by atoms with E-state index in [1.807, 2.05) is 6.92 Å². The summed E-state index contributed by atoms with van der Waals surface area (Å²) in [6.07, 6.45) is 0. The van der Waals surface area contributed by atoms with Gasteiger partial charge in [0.2, 0.25) is 0 Å². The largest absolute Gasteiger partial charge is 0.316 e. The van der Waals surface area contributed by atoms with Crippen LogP contribution in [-0.4, -0.2) is 26.8 Å². The Labute approximate surface area is 105 Å². The van der Waals surface area contributed by atoms with Crippen molar-refractivity contribution in [1.29, 1.82) is 0 Å². The van der Waals surface area contributed by atoms with Crippen LogP contribution in [0.1, 0.15) is 13.8 Å². The van der Waals surface area contributed by atoms with E-state index in [2.05, 4.69) is 21.2 Å². The van der Waals surface area contributed by atoms with Crippen LogP contribution in [0.4, 0.5) is 0 Å². The third-order valence-electron chi connectivity index (χ3n) is 2.79. The van der Waals surface area contributed by atoms with Crippen molar-refractivity contribution < 1.29 is 8.42 Å². The van der Waals surface area contributed by atoms with Crippen LogP contribution in [0.2, 0.25) is 0 Å². The lowest BCUT2D eigenvalue weighted by Crippen LogP contribution is -2.38. The van der Waals surface area contributed by atoms with E-state index in [0.29, 0.717) is 9.37 Å². The molecule has 1 N–H and O–H groups in total. The maximum atomic E-state index is 12.3. The molecule has 0 saturated heterocycles. The van der Waals surface area contributed by atoms with Crippen molar-refractivity contribution in [3.05, 3.63) is 28.7 Å². The predicted octanol–water partition coefficient (Wildman–Crippen LogP) is 2.22. The number of hydrogen-bond donors (Lipinski definition) is 1. The molecule has 5 heteroatoms. The Bertz CT molecular complexity index is 459. The van der Waals surface area contributed by atoms with Gasteiger partial charge in [0.15, 0.2) is 9.84 Å². The van der Waals surface area contributed by atoms with Crippen LogP contribution in [-0.2, 0) is 9.84 Å². The molecular formula is C11H16BrNO2S. The topological polar surface area (TPSA) is 46.2 Å². The molecule has 0 amide bonds. The zero-order chi connectivity index (χ0) is 12.3.